The van der Waals surface area contributed by atoms with Crippen LogP contribution in [0.4, 0.5) is 0 Å². The minimum atomic E-state index is 0.0151. The maximum Gasteiger partial charge on any atom is 0.239 e. The van der Waals surface area contributed by atoms with Crippen LogP contribution in [0.2, 0.25) is 0 Å². The first kappa shape index (κ1) is 21.5. The average Bonchev–Trinajstić information content (AvgIpc) is 3.21. The summed E-state index contributed by atoms with van der Waals surface area (Å²) < 4.78 is 10.2. The fraction of sp³-hybridized carbons (Fsp3) is 0.391. The number of nitrogens with zero attached hydrogens (tertiary/aromatic N) is 2. The number of hydrazone groups is 1. The summed E-state index contributed by atoms with van der Waals surface area (Å²) in [5.74, 6) is 2.15. The summed E-state index contributed by atoms with van der Waals surface area (Å²) in [6.45, 7) is 6.29. The highest BCUT2D eigenvalue weighted by molar-refractivity contribution is 6.06. The largest absolute Gasteiger partial charge is 0.497 e. The second-order valence-electron chi connectivity index (χ2n) is 6.36. The zero-order valence-electron chi connectivity index (χ0n) is 17.4. The number of fused-ring (bicyclic) bond motifs is 3. The fourth-order valence-corrected chi connectivity index (χ4v) is 3.27. The van der Waals surface area contributed by atoms with E-state index in [4.69, 9.17) is 9.47 Å². The van der Waals surface area contributed by atoms with Crippen LogP contribution in [0.25, 0.3) is 0 Å². The molecule has 0 spiro atoms. The molecule has 1 unspecified atom stereocenters. The molecule has 1 aliphatic carbocycles. The quantitative estimate of drug-likeness (QED) is 0.766. The number of carbonyl (C=O) groups excluding carboxylic acids is 1. The molecule has 28 heavy (non-hydrogen) atoms. The van der Waals surface area contributed by atoms with E-state index >= 15 is 0 Å². The lowest BCUT2D eigenvalue weighted by atomic mass is 9.82. The molecule has 1 amide bonds. The third-order valence-electron chi connectivity index (χ3n) is 4.71. The molecular weight excluding hydrogens is 352 g/mol. The number of rotatable bonds is 2. The predicted octanol–water partition coefficient (Wildman–Crippen LogP) is 4.55. The van der Waals surface area contributed by atoms with Gasteiger partial charge < -0.3 is 9.47 Å². The number of benzene rings is 2. The van der Waals surface area contributed by atoms with Crippen LogP contribution >= 0.6 is 0 Å². The Morgan fingerprint density at radius 2 is 1.71 bits per heavy atom. The molecule has 150 valence electrons. The molecule has 0 saturated heterocycles. The molecule has 2 aliphatic rings. The van der Waals surface area contributed by atoms with Crippen molar-refractivity contribution < 1.29 is 14.3 Å². The molecule has 0 aromatic heterocycles. The van der Waals surface area contributed by atoms with Crippen molar-refractivity contribution in [3.05, 3.63) is 59.7 Å². The number of aryl methyl sites for hydroxylation is 1. The van der Waals surface area contributed by atoms with Gasteiger partial charge in [-0.2, -0.15) is 5.10 Å². The zero-order chi connectivity index (χ0) is 20.5. The van der Waals surface area contributed by atoms with E-state index < -0.39 is 0 Å². The van der Waals surface area contributed by atoms with Gasteiger partial charge in [-0.1, -0.05) is 38.1 Å². The van der Waals surface area contributed by atoms with Gasteiger partial charge in [0, 0.05) is 18.4 Å². The smallest absolute Gasteiger partial charge is 0.239 e. The Morgan fingerprint density at radius 3 is 2.29 bits per heavy atom. The summed E-state index contributed by atoms with van der Waals surface area (Å²) in [6, 6.07) is 15.8. The predicted molar refractivity (Wildman–Crippen MR) is 113 cm³/mol. The standard InChI is InChI=1S/C14H16N2O2.C7H8O.C2H6/c1-9(17)16-8-11-4-3-10-5-6-12(18-2)7-13(10)14(11)15-16;1-8-7-5-3-2-4-6-7;1-2/h5-7,11H,3-4,8H2,1-2H3;2-6H,1H3;1-2H3. The molecule has 1 atom stereocenters. The van der Waals surface area contributed by atoms with Crippen LogP contribution in [0.1, 0.15) is 38.3 Å². The second-order valence-corrected chi connectivity index (χ2v) is 6.36. The van der Waals surface area contributed by atoms with Gasteiger partial charge in [-0.3, -0.25) is 4.79 Å². The Bertz CT molecular complexity index is 803. The molecule has 2 aromatic carbocycles. The van der Waals surface area contributed by atoms with E-state index in [1.807, 2.05) is 56.3 Å². The van der Waals surface area contributed by atoms with Gasteiger partial charge in [0.2, 0.25) is 5.91 Å². The van der Waals surface area contributed by atoms with E-state index in [1.54, 1.807) is 26.2 Å². The van der Waals surface area contributed by atoms with E-state index in [9.17, 15) is 4.79 Å². The number of hydrogen-bond donors (Lipinski definition) is 0. The van der Waals surface area contributed by atoms with Crippen molar-refractivity contribution in [1.29, 1.82) is 0 Å². The van der Waals surface area contributed by atoms with Crippen LogP contribution in [-0.4, -0.2) is 37.4 Å². The zero-order valence-corrected chi connectivity index (χ0v) is 17.4. The number of ether oxygens (including phenoxy) is 2. The molecule has 2 aromatic rings. The van der Waals surface area contributed by atoms with Crippen LogP contribution < -0.4 is 9.47 Å². The van der Waals surface area contributed by atoms with E-state index in [-0.39, 0.29) is 5.91 Å². The molecule has 5 heteroatoms. The second kappa shape index (κ2) is 10.5. The molecule has 0 bridgehead atoms. The number of amides is 1. The van der Waals surface area contributed by atoms with Gasteiger partial charge in [0.25, 0.3) is 0 Å². The SMILES string of the molecule is CC.COc1ccc2c(c1)C1=NN(C(C)=O)CC1CC2.COc1ccccc1. The highest BCUT2D eigenvalue weighted by Crippen LogP contribution is 2.33. The summed E-state index contributed by atoms with van der Waals surface area (Å²) in [4.78, 5) is 11.4. The van der Waals surface area contributed by atoms with Crippen LogP contribution in [-0.2, 0) is 11.2 Å². The van der Waals surface area contributed by atoms with Crippen LogP contribution in [0.15, 0.2) is 53.6 Å². The Hall–Kier alpha value is -2.82. The molecule has 4 rings (SSSR count). The summed E-state index contributed by atoms with van der Waals surface area (Å²) in [6.07, 6.45) is 2.12. The third-order valence-corrected chi connectivity index (χ3v) is 4.71. The summed E-state index contributed by atoms with van der Waals surface area (Å²) in [7, 11) is 3.33. The highest BCUT2D eigenvalue weighted by atomic mass is 16.5. The Balaban J connectivity index is 0.000000236. The van der Waals surface area contributed by atoms with Crippen molar-refractivity contribution in [1.82, 2.24) is 5.01 Å². The number of hydrogen-bond acceptors (Lipinski definition) is 4. The van der Waals surface area contributed by atoms with Gasteiger partial charge >= 0.3 is 0 Å². The van der Waals surface area contributed by atoms with Gasteiger partial charge in [0.05, 0.1) is 26.5 Å². The van der Waals surface area contributed by atoms with E-state index in [0.717, 1.165) is 42.2 Å². The number of methoxy groups -OCH3 is 2. The van der Waals surface area contributed by atoms with E-state index in [1.165, 1.54) is 5.56 Å². The van der Waals surface area contributed by atoms with Gasteiger partial charge in [-0.05, 0) is 42.7 Å². The molecule has 1 aliphatic heterocycles. The lowest BCUT2D eigenvalue weighted by Crippen LogP contribution is -2.26. The van der Waals surface area contributed by atoms with Crippen molar-refractivity contribution in [3.8, 4) is 11.5 Å². The number of para-hydroxylation sites is 1. The van der Waals surface area contributed by atoms with Gasteiger partial charge in [-0.25, -0.2) is 5.01 Å². The monoisotopic (exact) mass is 382 g/mol. The summed E-state index contributed by atoms with van der Waals surface area (Å²) >= 11 is 0. The Labute approximate surface area is 168 Å². The van der Waals surface area contributed by atoms with Crippen LogP contribution in [0.3, 0.4) is 0 Å². The van der Waals surface area contributed by atoms with Crippen molar-refractivity contribution in [2.45, 2.75) is 33.6 Å². The number of carbonyl (C=O) groups is 1. The Morgan fingerprint density at radius 1 is 1.04 bits per heavy atom. The molecule has 0 fully saturated rings. The van der Waals surface area contributed by atoms with Crippen molar-refractivity contribution in [3.63, 3.8) is 0 Å². The van der Waals surface area contributed by atoms with Crippen LogP contribution in [0.5, 0.6) is 11.5 Å². The van der Waals surface area contributed by atoms with Gasteiger partial charge in [-0.15, -0.1) is 0 Å². The fourth-order valence-electron chi connectivity index (χ4n) is 3.27. The van der Waals surface area contributed by atoms with Crippen molar-refractivity contribution in [2.75, 3.05) is 20.8 Å². The first-order valence-corrected chi connectivity index (χ1v) is 9.75. The lowest BCUT2D eigenvalue weighted by Gasteiger charge is -2.21. The summed E-state index contributed by atoms with van der Waals surface area (Å²) in [5, 5.41) is 6.05. The lowest BCUT2D eigenvalue weighted by molar-refractivity contribution is -0.128. The molecule has 0 radical (unpaired) electrons. The topological polar surface area (TPSA) is 51.1 Å². The van der Waals surface area contributed by atoms with Gasteiger partial charge in [0.15, 0.2) is 0 Å². The van der Waals surface area contributed by atoms with E-state index in [0.29, 0.717) is 5.92 Å². The molecule has 0 saturated carbocycles. The molecule has 0 N–H and O–H groups in total. The minimum absolute atomic E-state index is 0.0151. The first-order valence-electron chi connectivity index (χ1n) is 9.75. The first-order chi connectivity index (χ1) is 13.6. The minimum Gasteiger partial charge on any atom is -0.497 e. The van der Waals surface area contributed by atoms with Crippen molar-refractivity contribution in [2.24, 2.45) is 11.0 Å². The van der Waals surface area contributed by atoms with Gasteiger partial charge in [0.1, 0.15) is 11.5 Å². The molecule has 5 nitrogen and oxygen atoms in total. The summed E-state index contributed by atoms with van der Waals surface area (Å²) in [5.41, 5.74) is 3.50. The third kappa shape index (κ3) is 5.12. The van der Waals surface area contributed by atoms with E-state index in [2.05, 4.69) is 11.2 Å². The van der Waals surface area contributed by atoms with Crippen molar-refractivity contribution >= 4 is 11.6 Å². The molecular formula is C23H30N2O3. The average molecular weight is 383 g/mol. The maximum absolute atomic E-state index is 11.4. The Kier molecular flexibility index (Phi) is 8.05. The van der Waals surface area contributed by atoms with Crippen LogP contribution in [0, 0.1) is 5.92 Å². The normalized spacial score (nSPS) is 16.2. The highest BCUT2D eigenvalue weighted by Gasteiger charge is 2.33. The maximum atomic E-state index is 11.4. The molecule has 1 heterocycles.